The molecule has 6 heteroatoms. The highest BCUT2D eigenvalue weighted by atomic mass is 16.6. The first-order chi connectivity index (χ1) is 13.5. The largest absolute Gasteiger partial charge is 0.460 e. The van der Waals surface area contributed by atoms with Crippen LogP contribution >= 0.6 is 0 Å². The van der Waals surface area contributed by atoms with E-state index in [0.717, 1.165) is 5.56 Å². The minimum absolute atomic E-state index is 0.0664. The van der Waals surface area contributed by atoms with Crippen molar-refractivity contribution >= 4 is 17.7 Å². The number of ether oxygens (including phenoxy) is 3. The van der Waals surface area contributed by atoms with Crippen molar-refractivity contribution in [3.8, 4) is 0 Å². The van der Waals surface area contributed by atoms with Crippen molar-refractivity contribution in [1.29, 1.82) is 0 Å². The maximum absolute atomic E-state index is 13.4. The molecule has 2 aliphatic heterocycles. The molecule has 2 fully saturated rings. The van der Waals surface area contributed by atoms with E-state index in [9.17, 15) is 14.4 Å². The Bertz CT molecular complexity index is 850. The first kappa shape index (κ1) is 21.2. The SMILES string of the molecule is C/C=C1\C[C@]2(C)C[C@H](C(=O)OCc3ccccc3)C(=O)[C@@]1(C(=O)OC(C)(C)C)O2. The molecule has 2 bridgehead atoms. The summed E-state index contributed by atoms with van der Waals surface area (Å²) in [5.41, 5.74) is -2.13. The van der Waals surface area contributed by atoms with Gasteiger partial charge in [-0.25, -0.2) is 4.79 Å². The average Bonchev–Trinajstić information content (AvgIpc) is 2.92. The zero-order valence-corrected chi connectivity index (χ0v) is 17.6. The van der Waals surface area contributed by atoms with Gasteiger partial charge in [0.15, 0.2) is 5.78 Å². The second-order valence-electron chi connectivity index (χ2n) is 8.94. The van der Waals surface area contributed by atoms with Crippen LogP contribution in [0.3, 0.4) is 0 Å². The van der Waals surface area contributed by atoms with E-state index in [2.05, 4.69) is 0 Å². The number of carbonyl (C=O) groups is 3. The third-order valence-electron chi connectivity index (χ3n) is 5.26. The van der Waals surface area contributed by atoms with Crippen LogP contribution in [0.25, 0.3) is 0 Å². The van der Waals surface area contributed by atoms with Crippen molar-refractivity contribution in [2.24, 2.45) is 5.92 Å². The maximum atomic E-state index is 13.4. The Morgan fingerprint density at radius 2 is 1.90 bits per heavy atom. The molecular weight excluding hydrogens is 372 g/mol. The van der Waals surface area contributed by atoms with Gasteiger partial charge >= 0.3 is 11.9 Å². The van der Waals surface area contributed by atoms with Gasteiger partial charge in [0.25, 0.3) is 0 Å². The fourth-order valence-corrected chi connectivity index (χ4v) is 4.04. The summed E-state index contributed by atoms with van der Waals surface area (Å²) in [5, 5.41) is 0. The standard InChI is InChI=1S/C23H28O6/c1-6-16-12-22(5)13-17(19(25)27-14-15-10-8-7-9-11-15)18(24)23(16,29-22)20(26)28-21(2,3)4/h6-11,17H,12-14H2,1-5H3/b16-6+/t17-,22+,23-/m0/s1. The molecule has 2 heterocycles. The molecule has 3 rings (SSSR count). The van der Waals surface area contributed by atoms with Crippen LogP contribution in [-0.4, -0.2) is 34.5 Å². The van der Waals surface area contributed by atoms with Crippen molar-refractivity contribution in [1.82, 2.24) is 0 Å². The number of Topliss-reactive ketones (excluding diaryl/α,β-unsaturated/α-hetero) is 1. The molecule has 0 aliphatic carbocycles. The summed E-state index contributed by atoms with van der Waals surface area (Å²) in [6, 6.07) is 9.24. The Balaban J connectivity index is 1.89. The number of rotatable bonds is 4. The number of hydrogen-bond acceptors (Lipinski definition) is 6. The highest BCUT2D eigenvalue weighted by Gasteiger charge is 2.68. The van der Waals surface area contributed by atoms with Crippen molar-refractivity contribution in [3.05, 3.63) is 47.5 Å². The lowest BCUT2D eigenvalue weighted by molar-refractivity contribution is -0.201. The van der Waals surface area contributed by atoms with Crippen LogP contribution in [0.5, 0.6) is 0 Å². The Morgan fingerprint density at radius 1 is 1.24 bits per heavy atom. The number of benzene rings is 1. The van der Waals surface area contributed by atoms with E-state index in [1.165, 1.54) is 0 Å². The fraction of sp³-hybridized carbons (Fsp3) is 0.522. The number of hydrogen-bond donors (Lipinski definition) is 0. The predicted molar refractivity (Wildman–Crippen MR) is 106 cm³/mol. The zero-order chi connectivity index (χ0) is 21.4. The summed E-state index contributed by atoms with van der Waals surface area (Å²) >= 11 is 0. The molecule has 1 aromatic carbocycles. The highest BCUT2D eigenvalue weighted by molar-refractivity contribution is 6.18. The van der Waals surface area contributed by atoms with Gasteiger partial charge in [0.05, 0.1) is 5.60 Å². The van der Waals surface area contributed by atoms with Crippen LogP contribution in [-0.2, 0) is 35.2 Å². The second-order valence-corrected chi connectivity index (χ2v) is 8.94. The van der Waals surface area contributed by atoms with Crippen LogP contribution in [0, 0.1) is 5.92 Å². The summed E-state index contributed by atoms with van der Waals surface area (Å²) < 4.78 is 17.0. The second kappa shape index (κ2) is 7.41. The zero-order valence-electron chi connectivity index (χ0n) is 17.6. The molecule has 0 radical (unpaired) electrons. The van der Waals surface area contributed by atoms with Gasteiger partial charge < -0.3 is 14.2 Å². The van der Waals surface area contributed by atoms with E-state index in [4.69, 9.17) is 14.2 Å². The highest BCUT2D eigenvalue weighted by Crippen LogP contribution is 2.52. The lowest BCUT2D eigenvalue weighted by Gasteiger charge is -2.39. The third-order valence-corrected chi connectivity index (χ3v) is 5.26. The van der Waals surface area contributed by atoms with E-state index in [-0.39, 0.29) is 13.0 Å². The van der Waals surface area contributed by atoms with Crippen LogP contribution < -0.4 is 0 Å². The summed E-state index contributed by atoms with van der Waals surface area (Å²) in [6.07, 6.45) is 2.27. The molecule has 2 saturated heterocycles. The Morgan fingerprint density at radius 3 is 2.48 bits per heavy atom. The van der Waals surface area contributed by atoms with Gasteiger partial charge in [0.2, 0.25) is 5.60 Å². The molecule has 0 unspecified atom stereocenters. The molecule has 0 aromatic heterocycles. The number of fused-ring (bicyclic) bond motifs is 2. The van der Waals surface area contributed by atoms with Gasteiger partial charge in [-0.1, -0.05) is 36.4 Å². The lowest BCUT2D eigenvalue weighted by atomic mass is 9.81. The van der Waals surface area contributed by atoms with Gasteiger partial charge in [-0.2, -0.15) is 0 Å². The molecule has 6 nitrogen and oxygen atoms in total. The Kier molecular flexibility index (Phi) is 5.43. The Labute approximate surface area is 171 Å². The minimum Gasteiger partial charge on any atom is -0.460 e. The Hall–Kier alpha value is -2.47. The molecule has 3 atom stereocenters. The van der Waals surface area contributed by atoms with E-state index >= 15 is 0 Å². The summed E-state index contributed by atoms with van der Waals surface area (Å²) in [4.78, 5) is 39.3. The molecule has 0 N–H and O–H groups in total. The van der Waals surface area contributed by atoms with Crippen LogP contribution in [0.2, 0.25) is 0 Å². The number of carbonyl (C=O) groups excluding carboxylic acids is 3. The maximum Gasteiger partial charge on any atom is 0.351 e. The molecule has 0 spiro atoms. The van der Waals surface area contributed by atoms with Gasteiger partial charge in [-0.05, 0) is 52.2 Å². The summed E-state index contributed by atoms with van der Waals surface area (Å²) in [6.45, 7) is 8.81. The summed E-state index contributed by atoms with van der Waals surface area (Å²) in [7, 11) is 0. The van der Waals surface area contributed by atoms with E-state index in [1.54, 1.807) is 33.8 Å². The van der Waals surface area contributed by atoms with Gasteiger partial charge in [0.1, 0.15) is 18.1 Å². The van der Waals surface area contributed by atoms with Crippen LogP contribution in [0.15, 0.2) is 42.0 Å². The smallest absolute Gasteiger partial charge is 0.351 e. The molecule has 1 aromatic rings. The number of ketones is 1. The van der Waals surface area contributed by atoms with Gasteiger partial charge in [0, 0.05) is 6.42 Å². The van der Waals surface area contributed by atoms with Gasteiger partial charge in [-0.15, -0.1) is 0 Å². The molecule has 156 valence electrons. The molecule has 2 aliphatic rings. The molecule has 0 amide bonds. The third kappa shape index (κ3) is 3.99. The fourth-order valence-electron chi connectivity index (χ4n) is 4.04. The topological polar surface area (TPSA) is 78.9 Å². The van der Waals surface area contributed by atoms with Crippen molar-refractivity contribution in [2.75, 3.05) is 0 Å². The van der Waals surface area contributed by atoms with E-state index in [0.29, 0.717) is 12.0 Å². The number of esters is 2. The average molecular weight is 400 g/mol. The van der Waals surface area contributed by atoms with Crippen LogP contribution in [0.4, 0.5) is 0 Å². The van der Waals surface area contributed by atoms with Crippen molar-refractivity contribution < 1.29 is 28.6 Å². The monoisotopic (exact) mass is 400 g/mol. The minimum atomic E-state index is -1.88. The molecule has 29 heavy (non-hydrogen) atoms. The van der Waals surface area contributed by atoms with E-state index in [1.807, 2.05) is 37.3 Å². The molecule has 0 saturated carbocycles. The van der Waals surface area contributed by atoms with Crippen LogP contribution in [0.1, 0.15) is 53.0 Å². The van der Waals surface area contributed by atoms with E-state index < -0.39 is 40.4 Å². The first-order valence-corrected chi connectivity index (χ1v) is 9.85. The summed E-state index contributed by atoms with van der Waals surface area (Å²) in [5.74, 6) is -3.10. The first-order valence-electron chi connectivity index (χ1n) is 9.85. The quantitative estimate of drug-likeness (QED) is 0.437. The van der Waals surface area contributed by atoms with Crippen molar-refractivity contribution in [3.63, 3.8) is 0 Å². The predicted octanol–water partition coefficient (Wildman–Crippen LogP) is 3.52. The van der Waals surface area contributed by atoms with Crippen molar-refractivity contribution in [2.45, 2.75) is 70.9 Å². The normalized spacial score (nSPS) is 30.3. The number of allylic oxidation sites excluding steroid dienone is 1. The molecular formula is C23H28O6. The lowest BCUT2D eigenvalue weighted by Crippen LogP contribution is -2.59. The van der Waals surface area contributed by atoms with Gasteiger partial charge in [-0.3, -0.25) is 9.59 Å².